The van der Waals surface area contributed by atoms with Gasteiger partial charge in [-0.1, -0.05) is 12.8 Å². The summed E-state index contributed by atoms with van der Waals surface area (Å²) in [7, 11) is -2.96. The van der Waals surface area contributed by atoms with Gasteiger partial charge in [-0.2, -0.15) is 0 Å². The van der Waals surface area contributed by atoms with Crippen LogP contribution < -0.4 is 0 Å². The molecule has 1 unspecified atom stereocenters. The third-order valence-corrected chi connectivity index (χ3v) is 6.82. The van der Waals surface area contributed by atoms with Crippen molar-refractivity contribution in [3.63, 3.8) is 0 Å². The number of carbonyl (C=O) groups is 1. The molecule has 2 aliphatic heterocycles. The number of carbonyl (C=O) groups excluding carboxylic acids is 1. The summed E-state index contributed by atoms with van der Waals surface area (Å²) in [5, 5.41) is 0. The predicted octanol–water partition coefficient (Wildman–Crippen LogP) is 0.508. The van der Waals surface area contributed by atoms with Crippen LogP contribution >= 0.6 is 0 Å². The fraction of sp³-hybridized carbons (Fsp3) is 0.929. The van der Waals surface area contributed by atoms with E-state index in [9.17, 15) is 13.2 Å². The Morgan fingerprint density at radius 2 is 1.60 bits per heavy atom. The van der Waals surface area contributed by atoms with Crippen LogP contribution in [0.5, 0.6) is 0 Å². The molecule has 3 aliphatic rings. The second-order valence-electron chi connectivity index (χ2n) is 6.40. The zero-order chi connectivity index (χ0) is 14.2. The van der Waals surface area contributed by atoms with Gasteiger partial charge >= 0.3 is 0 Å². The second kappa shape index (κ2) is 5.64. The number of hydrogen-bond donors (Lipinski definition) is 0. The van der Waals surface area contributed by atoms with Crippen molar-refractivity contribution in [2.24, 2.45) is 5.92 Å². The lowest BCUT2D eigenvalue weighted by Crippen LogP contribution is -2.52. The molecular weight excluding hydrogens is 276 g/mol. The lowest BCUT2D eigenvalue weighted by atomic mass is 10.1. The van der Waals surface area contributed by atoms with Crippen LogP contribution in [0.3, 0.4) is 0 Å². The maximum atomic E-state index is 12.4. The largest absolute Gasteiger partial charge is 0.340 e. The first-order chi connectivity index (χ1) is 9.55. The highest BCUT2D eigenvalue weighted by Gasteiger charge is 2.36. The molecule has 114 valence electrons. The maximum absolute atomic E-state index is 12.4. The highest BCUT2D eigenvalue weighted by Crippen LogP contribution is 2.25. The second-order valence-corrected chi connectivity index (χ2v) is 8.63. The molecule has 0 bridgehead atoms. The Hall–Kier alpha value is -0.620. The van der Waals surface area contributed by atoms with Gasteiger partial charge in [0.15, 0.2) is 9.84 Å². The van der Waals surface area contributed by atoms with E-state index in [0.29, 0.717) is 6.42 Å². The molecule has 3 rings (SSSR count). The van der Waals surface area contributed by atoms with E-state index >= 15 is 0 Å². The van der Waals surface area contributed by atoms with Crippen molar-refractivity contribution in [2.45, 2.75) is 38.1 Å². The van der Waals surface area contributed by atoms with Gasteiger partial charge < -0.3 is 4.90 Å². The normalized spacial score (nSPS) is 31.8. The van der Waals surface area contributed by atoms with Gasteiger partial charge in [0.25, 0.3) is 0 Å². The van der Waals surface area contributed by atoms with Crippen molar-refractivity contribution in [3.8, 4) is 0 Å². The summed E-state index contributed by atoms with van der Waals surface area (Å²) >= 11 is 0. The average molecular weight is 300 g/mol. The molecule has 5 nitrogen and oxygen atoms in total. The van der Waals surface area contributed by atoms with Crippen molar-refractivity contribution in [2.75, 3.05) is 37.7 Å². The molecule has 3 fully saturated rings. The summed E-state index contributed by atoms with van der Waals surface area (Å²) < 4.78 is 23.0. The summed E-state index contributed by atoms with van der Waals surface area (Å²) in [6.07, 6.45) is 5.79. The number of hydrogen-bond acceptors (Lipinski definition) is 4. The SMILES string of the molecule is O=C(C1CCS(=O)(=O)C1)N1CCN(C2CCCC2)CC1. The Balaban J connectivity index is 1.51. The van der Waals surface area contributed by atoms with E-state index in [4.69, 9.17) is 0 Å². The van der Waals surface area contributed by atoms with Crippen molar-refractivity contribution >= 4 is 15.7 Å². The van der Waals surface area contributed by atoms with Crippen LogP contribution in [0.25, 0.3) is 0 Å². The van der Waals surface area contributed by atoms with Gasteiger partial charge in [-0.15, -0.1) is 0 Å². The molecular formula is C14H24N2O3S. The zero-order valence-electron chi connectivity index (χ0n) is 12.0. The van der Waals surface area contributed by atoms with E-state index in [0.717, 1.165) is 32.2 Å². The van der Waals surface area contributed by atoms with E-state index in [1.807, 2.05) is 4.90 Å². The van der Waals surface area contributed by atoms with Crippen LogP contribution in [0, 0.1) is 5.92 Å². The molecule has 0 spiro atoms. The summed E-state index contributed by atoms with van der Waals surface area (Å²) in [4.78, 5) is 16.8. The molecule has 1 atom stereocenters. The molecule has 1 aliphatic carbocycles. The molecule has 2 heterocycles. The molecule has 0 N–H and O–H groups in total. The molecule has 6 heteroatoms. The van der Waals surface area contributed by atoms with Crippen LogP contribution in [0.1, 0.15) is 32.1 Å². The minimum atomic E-state index is -2.96. The van der Waals surface area contributed by atoms with Gasteiger partial charge in [-0.3, -0.25) is 9.69 Å². The van der Waals surface area contributed by atoms with Gasteiger partial charge in [0, 0.05) is 32.2 Å². The smallest absolute Gasteiger partial charge is 0.226 e. The van der Waals surface area contributed by atoms with Crippen LogP contribution in [0.4, 0.5) is 0 Å². The summed E-state index contributed by atoms with van der Waals surface area (Å²) in [5.74, 6) is 0.0373. The number of nitrogens with zero attached hydrogens (tertiary/aromatic N) is 2. The van der Waals surface area contributed by atoms with Crippen molar-refractivity contribution in [1.29, 1.82) is 0 Å². The number of piperazine rings is 1. The van der Waals surface area contributed by atoms with Crippen LogP contribution in [0.15, 0.2) is 0 Å². The Morgan fingerprint density at radius 1 is 0.950 bits per heavy atom. The Morgan fingerprint density at radius 3 is 2.15 bits per heavy atom. The molecule has 0 aromatic heterocycles. The fourth-order valence-electron chi connectivity index (χ4n) is 3.82. The third kappa shape index (κ3) is 3.01. The van der Waals surface area contributed by atoms with Gasteiger partial charge in [-0.25, -0.2) is 8.42 Å². The molecule has 0 radical (unpaired) electrons. The maximum Gasteiger partial charge on any atom is 0.226 e. The van der Waals surface area contributed by atoms with Gasteiger partial charge in [0.2, 0.25) is 5.91 Å². The van der Waals surface area contributed by atoms with E-state index < -0.39 is 9.84 Å². The van der Waals surface area contributed by atoms with Crippen LogP contribution in [0.2, 0.25) is 0 Å². The average Bonchev–Trinajstić information content (AvgIpc) is 3.07. The van der Waals surface area contributed by atoms with Crippen LogP contribution in [-0.2, 0) is 14.6 Å². The number of rotatable bonds is 2. The summed E-state index contributed by atoms with van der Waals surface area (Å²) in [5.41, 5.74) is 0. The number of sulfone groups is 1. The van der Waals surface area contributed by atoms with Gasteiger partial charge in [-0.05, 0) is 19.3 Å². The topological polar surface area (TPSA) is 57.7 Å². The zero-order valence-corrected chi connectivity index (χ0v) is 12.8. The molecule has 0 aromatic carbocycles. The number of amides is 1. The predicted molar refractivity (Wildman–Crippen MR) is 77.2 cm³/mol. The highest BCUT2D eigenvalue weighted by atomic mass is 32.2. The molecule has 2 saturated heterocycles. The molecule has 0 aromatic rings. The van der Waals surface area contributed by atoms with E-state index in [2.05, 4.69) is 4.90 Å². The lowest BCUT2D eigenvalue weighted by molar-refractivity contribution is -0.136. The van der Waals surface area contributed by atoms with E-state index in [-0.39, 0.29) is 23.3 Å². The Kier molecular flexibility index (Phi) is 4.04. The fourth-order valence-corrected chi connectivity index (χ4v) is 5.56. The standard InChI is InChI=1S/C14H24N2O3S/c17-14(12-5-10-20(18,19)11-12)16-8-6-15(7-9-16)13-3-1-2-4-13/h12-13H,1-11H2. The first-order valence-corrected chi connectivity index (χ1v) is 9.60. The monoisotopic (exact) mass is 300 g/mol. The van der Waals surface area contributed by atoms with Gasteiger partial charge in [0.05, 0.1) is 17.4 Å². The lowest BCUT2D eigenvalue weighted by Gasteiger charge is -2.38. The quantitative estimate of drug-likeness (QED) is 0.745. The van der Waals surface area contributed by atoms with E-state index in [1.165, 1.54) is 25.7 Å². The van der Waals surface area contributed by atoms with Gasteiger partial charge in [0.1, 0.15) is 0 Å². The van der Waals surface area contributed by atoms with E-state index in [1.54, 1.807) is 0 Å². The minimum Gasteiger partial charge on any atom is -0.340 e. The summed E-state index contributed by atoms with van der Waals surface area (Å²) in [6.45, 7) is 3.45. The minimum absolute atomic E-state index is 0.0642. The van der Waals surface area contributed by atoms with Crippen molar-refractivity contribution < 1.29 is 13.2 Å². The third-order valence-electron chi connectivity index (χ3n) is 5.05. The Bertz CT molecular complexity index is 463. The molecule has 20 heavy (non-hydrogen) atoms. The molecule has 1 amide bonds. The highest BCUT2D eigenvalue weighted by molar-refractivity contribution is 7.91. The summed E-state index contributed by atoms with van der Waals surface area (Å²) in [6, 6.07) is 0.721. The first-order valence-electron chi connectivity index (χ1n) is 7.78. The first kappa shape index (κ1) is 14.3. The molecule has 1 saturated carbocycles. The van der Waals surface area contributed by atoms with Crippen LogP contribution in [-0.4, -0.2) is 67.9 Å². The van der Waals surface area contributed by atoms with Crippen molar-refractivity contribution in [1.82, 2.24) is 9.80 Å². The van der Waals surface area contributed by atoms with Crippen molar-refractivity contribution in [3.05, 3.63) is 0 Å². The Labute approximate surface area is 121 Å².